The van der Waals surface area contributed by atoms with Gasteiger partial charge in [-0.25, -0.2) is 0 Å². The van der Waals surface area contributed by atoms with E-state index in [2.05, 4.69) is 0 Å². The molecule has 0 aliphatic carbocycles. The van der Waals surface area contributed by atoms with Gasteiger partial charge in [0.1, 0.15) is 11.2 Å². The van der Waals surface area contributed by atoms with Crippen molar-refractivity contribution in [1.29, 1.82) is 0 Å². The van der Waals surface area contributed by atoms with Gasteiger partial charge in [0.2, 0.25) is 11.6 Å². The highest BCUT2D eigenvalue weighted by atomic mass is 32.2. The third-order valence-corrected chi connectivity index (χ3v) is 5.31. The second-order valence-corrected chi connectivity index (χ2v) is 8.14. The highest BCUT2D eigenvalue weighted by Gasteiger charge is 2.29. The quantitative estimate of drug-likeness (QED) is 0.279. The summed E-state index contributed by atoms with van der Waals surface area (Å²) in [6.07, 6.45) is 0.209. The summed E-state index contributed by atoms with van der Waals surface area (Å²) >= 11 is 0. The van der Waals surface area contributed by atoms with Crippen molar-refractivity contribution in [2.45, 2.75) is 9.79 Å². The molecule has 0 amide bonds. The second-order valence-electron chi connectivity index (χ2n) is 5.36. The fraction of sp³-hybridized carbons (Fsp3) is 0. The molecule has 0 heterocycles. The Balaban J connectivity index is 2.69. The van der Waals surface area contributed by atoms with Gasteiger partial charge in [0.05, 0.1) is 4.90 Å². The fourth-order valence-corrected chi connectivity index (χ4v) is 3.75. The van der Waals surface area contributed by atoms with Gasteiger partial charge in [-0.05, 0) is 24.3 Å². The van der Waals surface area contributed by atoms with Gasteiger partial charge in [-0.3, -0.25) is 28.3 Å². The number of rotatable bonds is 7. The van der Waals surface area contributed by atoms with Gasteiger partial charge in [-0.1, -0.05) is 12.1 Å². The third kappa shape index (κ3) is 4.26. The summed E-state index contributed by atoms with van der Waals surface area (Å²) in [5.74, 6) is -2.94. The second kappa shape index (κ2) is 7.52. The molecule has 0 radical (unpaired) electrons. The minimum Gasteiger partial charge on any atom is -0.298 e. The van der Waals surface area contributed by atoms with Gasteiger partial charge in [0.25, 0.3) is 20.2 Å². The average molecular weight is 426 g/mol. The largest absolute Gasteiger partial charge is 0.298 e. The lowest BCUT2D eigenvalue weighted by molar-refractivity contribution is 0.0814. The van der Waals surface area contributed by atoms with Crippen LogP contribution in [-0.4, -0.2) is 50.1 Å². The molecule has 0 aromatic heterocycles. The average Bonchev–Trinajstić information content (AvgIpc) is 2.64. The molecule has 2 aromatic rings. The Kier molecular flexibility index (Phi) is 5.70. The Labute approximate surface area is 158 Å². The molecule has 146 valence electrons. The van der Waals surface area contributed by atoms with Crippen LogP contribution in [0.25, 0.3) is 0 Å². The van der Waals surface area contributed by atoms with E-state index in [-0.39, 0.29) is 18.1 Å². The molecule has 2 rings (SSSR count). The van der Waals surface area contributed by atoms with Crippen molar-refractivity contribution in [1.82, 2.24) is 0 Å². The predicted octanol–water partition coefficient (Wildman–Crippen LogP) is 0.871. The van der Waals surface area contributed by atoms with E-state index in [0.29, 0.717) is 6.07 Å². The maximum absolute atomic E-state index is 12.5. The summed E-state index contributed by atoms with van der Waals surface area (Å²) in [6.45, 7) is 0. The van der Waals surface area contributed by atoms with Crippen molar-refractivity contribution in [2.75, 3.05) is 0 Å². The first-order valence-corrected chi connectivity index (χ1v) is 10.0. The zero-order chi connectivity index (χ0) is 21.3. The summed E-state index contributed by atoms with van der Waals surface area (Å²) in [5, 5.41) is 0. The number of ketones is 2. The Morgan fingerprint density at radius 2 is 1.46 bits per heavy atom. The van der Waals surface area contributed by atoms with E-state index < -0.39 is 58.3 Å². The van der Waals surface area contributed by atoms with Gasteiger partial charge >= 0.3 is 0 Å². The Morgan fingerprint density at radius 3 is 1.96 bits per heavy atom. The number of hydrogen-bond donors (Lipinski definition) is 2. The van der Waals surface area contributed by atoms with Gasteiger partial charge in [-0.15, -0.1) is 0 Å². The van der Waals surface area contributed by atoms with E-state index >= 15 is 0 Å². The number of benzene rings is 2. The standard InChI is InChI=1S/C16H10O10S2/c17-7-9-4-11(6-12(5-9)27(21,22)23)14(19)15(20)13-3-1-2-10(8-18)16(13)28(24,25)26/h1-8H,(H,21,22,23)(H,24,25,26). The number of carbonyl (C=O) groups excluding carboxylic acids is 4. The summed E-state index contributed by atoms with van der Waals surface area (Å²) in [5.41, 5.74) is -2.41. The third-order valence-electron chi connectivity index (χ3n) is 3.51. The zero-order valence-corrected chi connectivity index (χ0v) is 15.2. The number of hydrogen-bond acceptors (Lipinski definition) is 8. The molecule has 12 heteroatoms. The molecule has 28 heavy (non-hydrogen) atoms. The molecule has 2 N–H and O–H groups in total. The highest BCUT2D eigenvalue weighted by molar-refractivity contribution is 7.86. The molecular weight excluding hydrogens is 416 g/mol. The summed E-state index contributed by atoms with van der Waals surface area (Å²) in [4.78, 5) is 45.0. The van der Waals surface area contributed by atoms with Crippen LogP contribution in [0.2, 0.25) is 0 Å². The number of carbonyl (C=O) groups is 4. The fourth-order valence-electron chi connectivity index (χ4n) is 2.34. The molecule has 0 bridgehead atoms. The first-order chi connectivity index (χ1) is 12.9. The van der Waals surface area contributed by atoms with E-state index in [0.717, 1.165) is 30.3 Å². The van der Waals surface area contributed by atoms with Crippen molar-refractivity contribution >= 4 is 44.4 Å². The Morgan fingerprint density at radius 1 is 0.821 bits per heavy atom. The van der Waals surface area contributed by atoms with Crippen molar-refractivity contribution in [3.05, 3.63) is 58.7 Å². The van der Waals surface area contributed by atoms with Crippen LogP contribution in [0.1, 0.15) is 41.4 Å². The van der Waals surface area contributed by atoms with Gasteiger partial charge in [0, 0.05) is 22.3 Å². The summed E-state index contributed by atoms with van der Waals surface area (Å²) in [6, 6.07) is 5.15. The lowest BCUT2D eigenvalue weighted by Crippen LogP contribution is -2.20. The molecule has 0 spiro atoms. The summed E-state index contributed by atoms with van der Waals surface area (Å²) < 4.78 is 64.1. The normalized spacial score (nSPS) is 11.6. The Hall–Kier alpha value is -3.06. The maximum atomic E-state index is 12.5. The predicted molar refractivity (Wildman–Crippen MR) is 91.9 cm³/mol. The maximum Gasteiger partial charge on any atom is 0.295 e. The molecule has 0 fully saturated rings. The molecule has 0 unspecified atom stereocenters. The van der Waals surface area contributed by atoms with Gasteiger partial charge < -0.3 is 0 Å². The van der Waals surface area contributed by atoms with Gasteiger partial charge in [0.15, 0.2) is 6.29 Å². The Bertz CT molecular complexity index is 1220. The lowest BCUT2D eigenvalue weighted by atomic mass is 9.99. The SMILES string of the molecule is O=Cc1cc(C(=O)C(=O)c2cccc(C=O)c2S(=O)(=O)O)cc(S(=O)(=O)O)c1. The van der Waals surface area contributed by atoms with Crippen LogP contribution in [-0.2, 0) is 20.2 Å². The summed E-state index contributed by atoms with van der Waals surface area (Å²) in [7, 11) is -9.91. The molecular formula is C16H10O10S2. The first kappa shape index (κ1) is 21.2. The van der Waals surface area contributed by atoms with Crippen LogP contribution < -0.4 is 0 Å². The van der Waals surface area contributed by atoms with Crippen LogP contribution >= 0.6 is 0 Å². The topological polar surface area (TPSA) is 177 Å². The molecule has 0 aliphatic rings. The van der Waals surface area contributed by atoms with E-state index in [1.165, 1.54) is 0 Å². The monoisotopic (exact) mass is 426 g/mol. The number of aldehydes is 2. The highest BCUT2D eigenvalue weighted by Crippen LogP contribution is 2.23. The molecule has 2 aromatic carbocycles. The van der Waals surface area contributed by atoms with E-state index in [9.17, 15) is 40.6 Å². The van der Waals surface area contributed by atoms with Crippen molar-refractivity contribution in [2.24, 2.45) is 0 Å². The van der Waals surface area contributed by atoms with Crippen LogP contribution in [0.3, 0.4) is 0 Å². The first-order valence-electron chi connectivity index (χ1n) is 7.12. The minimum absolute atomic E-state index is 0.0494. The number of Topliss-reactive ketones (excluding diaryl/α,β-unsaturated/α-hetero) is 2. The van der Waals surface area contributed by atoms with Crippen LogP contribution in [0.15, 0.2) is 46.2 Å². The lowest BCUT2D eigenvalue weighted by Gasteiger charge is -2.09. The van der Waals surface area contributed by atoms with E-state index in [1.54, 1.807) is 0 Å². The van der Waals surface area contributed by atoms with Crippen LogP contribution in [0, 0.1) is 0 Å². The van der Waals surface area contributed by atoms with Crippen molar-refractivity contribution < 1.29 is 45.1 Å². The van der Waals surface area contributed by atoms with Crippen LogP contribution in [0.4, 0.5) is 0 Å². The van der Waals surface area contributed by atoms with Crippen molar-refractivity contribution in [3.63, 3.8) is 0 Å². The molecule has 0 saturated carbocycles. The zero-order valence-electron chi connectivity index (χ0n) is 13.6. The molecule has 0 saturated heterocycles. The van der Waals surface area contributed by atoms with Crippen molar-refractivity contribution in [3.8, 4) is 0 Å². The van der Waals surface area contributed by atoms with Crippen LogP contribution in [0.5, 0.6) is 0 Å². The minimum atomic E-state index is -5.08. The van der Waals surface area contributed by atoms with E-state index in [1.807, 2.05) is 0 Å². The molecule has 0 aliphatic heterocycles. The van der Waals surface area contributed by atoms with E-state index in [4.69, 9.17) is 4.55 Å². The molecule has 0 atom stereocenters. The smallest absolute Gasteiger partial charge is 0.295 e. The van der Waals surface area contributed by atoms with Gasteiger partial charge in [-0.2, -0.15) is 16.8 Å². The molecule has 10 nitrogen and oxygen atoms in total.